The van der Waals surface area contributed by atoms with E-state index in [0.29, 0.717) is 11.6 Å². The fourth-order valence-corrected chi connectivity index (χ4v) is 6.60. The van der Waals surface area contributed by atoms with Gasteiger partial charge in [-0.1, -0.05) is 6.07 Å². The monoisotopic (exact) mass is 452 g/mol. The van der Waals surface area contributed by atoms with Crippen molar-refractivity contribution in [3.05, 3.63) is 59.7 Å². The van der Waals surface area contributed by atoms with Crippen LogP contribution < -0.4 is 0 Å². The molecule has 1 fully saturated rings. The Morgan fingerprint density at radius 3 is 2.48 bits per heavy atom. The number of hydrogen-bond donors (Lipinski definition) is 0. The predicted molar refractivity (Wildman–Crippen MR) is 95.4 cm³/mol. The Balaban J connectivity index is 2.07. The lowest BCUT2D eigenvalue weighted by atomic mass is 10.2. The minimum absolute atomic E-state index is 0.00908. The highest BCUT2D eigenvalue weighted by Crippen LogP contribution is 2.34. The van der Waals surface area contributed by atoms with Crippen LogP contribution in [0.25, 0.3) is 0 Å². The molecule has 0 amide bonds. The van der Waals surface area contributed by atoms with Crippen LogP contribution in [-0.4, -0.2) is 43.7 Å². The van der Waals surface area contributed by atoms with E-state index in [1.54, 1.807) is 12.1 Å². The van der Waals surface area contributed by atoms with E-state index < -0.39 is 54.1 Å². The Morgan fingerprint density at radius 2 is 1.93 bits per heavy atom. The maximum atomic E-state index is 13.6. The van der Waals surface area contributed by atoms with Gasteiger partial charge in [-0.15, -0.1) is 0 Å². The number of halogens is 4. The molecule has 0 radical (unpaired) electrons. The second-order valence-corrected chi connectivity index (χ2v) is 10.7. The number of sulfone groups is 1. The predicted octanol–water partition coefficient (Wildman–Crippen LogP) is 2.62. The summed E-state index contributed by atoms with van der Waals surface area (Å²) >= 11 is 0. The van der Waals surface area contributed by atoms with Crippen LogP contribution >= 0.6 is 0 Å². The summed E-state index contributed by atoms with van der Waals surface area (Å²) < 4.78 is 104. The summed E-state index contributed by atoms with van der Waals surface area (Å²) in [6.45, 7) is -0.283. The number of nitrogens with zero attached hydrogens (tertiary/aromatic N) is 2. The van der Waals surface area contributed by atoms with Gasteiger partial charge in [0, 0.05) is 25.0 Å². The van der Waals surface area contributed by atoms with Gasteiger partial charge in [0.15, 0.2) is 9.84 Å². The smallest absolute Gasteiger partial charge is 0.264 e. The van der Waals surface area contributed by atoms with Gasteiger partial charge in [0.25, 0.3) is 0 Å². The first-order chi connectivity index (χ1) is 13.4. The van der Waals surface area contributed by atoms with Crippen LogP contribution in [0.5, 0.6) is 0 Å². The molecular weight excluding hydrogens is 436 g/mol. The molecule has 0 N–H and O–H groups in total. The highest BCUT2D eigenvalue weighted by Gasteiger charge is 2.41. The Hall–Kier alpha value is -2.05. The van der Waals surface area contributed by atoms with E-state index in [2.05, 4.69) is 4.98 Å². The lowest BCUT2D eigenvalue weighted by Gasteiger charge is -2.27. The minimum atomic E-state index is -5.08. The van der Waals surface area contributed by atoms with Gasteiger partial charge in [-0.2, -0.15) is 17.5 Å². The van der Waals surface area contributed by atoms with Gasteiger partial charge in [0.1, 0.15) is 5.82 Å². The molecule has 0 spiro atoms. The average Bonchev–Trinajstić information content (AvgIpc) is 2.99. The number of alkyl halides is 3. The lowest BCUT2D eigenvalue weighted by Crippen LogP contribution is -2.40. The molecule has 1 aromatic carbocycles. The third-order valence-electron chi connectivity index (χ3n) is 4.53. The fraction of sp³-hybridized carbons (Fsp3) is 0.353. The molecule has 1 aliphatic rings. The second kappa shape index (κ2) is 7.65. The molecule has 2 aromatic rings. The van der Waals surface area contributed by atoms with Gasteiger partial charge in [-0.05, 0) is 36.2 Å². The summed E-state index contributed by atoms with van der Waals surface area (Å²) in [5.41, 5.74) is -1.28. The Bertz CT molecular complexity index is 1100. The van der Waals surface area contributed by atoms with Crippen molar-refractivity contribution in [2.45, 2.75) is 30.1 Å². The van der Waals surface area contributed by atoms with Crippen molar-refractivity contribution in [2.24, 2.45) is 0 Å². The van der Waals surface area contributed by atoms with Crippen molar-refractivity contribution in [1.82, 2.24) is 9.29 Å². The van der Waals surface area contributed by atoms with Crippen LogP contribution in [-0.2, 0) is 32.6 Å². The van der Waals surface area contributed by atoms with Crippen molar-refractivity contribution >= 4 is 19.9 Å². The summed E-state index contributed by atoms with van der Waals surface area (Å²) in [5.74, 6) is -2.27. The Labute approximate surface area is 165 Å². The van der Waals surface area contributed by atoms with Crippen molar-refractivity contribution in [2.75, 3.05) is 11.5 Å². The van der Waals surface area contributed by atoms with Gasteiger partial charge < -0.3 is 0 Å². The molecule has 0 bridgehead atoms. The van der Waals surface area contributed by atoms with E-state index in [1.807, 2.05) is 0 Å². The molecule has 0 saturated carbocycles. The molecular formula is C17H16F4N2O4S2. The zero-order chi connectivity index (χ0) is 21.4. The molecule has 2 heterocycles. The summed E-state index contributed by atoms with van der Waals surface area (Å²) in [6.07, 6.45) is -2.24. The average molecular weight is 452 g/mol. The van der Waals surface area contributed by atoms with Gasteiger partial charge in [-0.3, -0.25) is 4.98 Å². The van der Waals surface area contributed by atoms with Crippen LogP contribution in [0, 0.1) is 5.82 Å². The molecule has 3 rings (SSSR count). The van der Waals surface area contributed by atoms with E-state index >= 15 is 0 Å². The lowest BCUT2D eigenvalue weighted by molar-refractivity contribution is -0.140. The molecule has 0 aliphatic carbocycles. The molecule has 1 saturated heterocycles. The van der Waals surface area contributed by atoms with Crippen LogP contribution in [0.2, 0.25) is 0 Å². The quantitative estimate of drug-likeness (QED) is 0.652. The molecule has 158 valence electrons. The zero-order valence-electron chi connectivity index (χ0n) is 14.8. The van der Waals surface area contributed by atoms with Crippen molar-refractivity contribution in [1.29, 1.82) is 0 Å². The first-order valence-electron chi connectivity index (χ1n) is 8.38. The van der Waals surface area contributed by atoms with Crippen LogP contribution in [0.4, 0.5) is 17.6 Å². The topological polar surface area (TPSA) is 84.4 Å². The number of hydrogen-bond acceptors (Lipinski definition) is 5. The molecule has 6 nitrogen and oxygen atoms in total. The summed E-state index contributed by atoms with van der Waals surface area (Å²) in [7, 11) is -8.03. The maximum absolute atomic E-state index is 13.6. The molecule has 0 unspecified atom stereocenters. The number of pyridine rings is 1. The number of sulfonamides is 1. The Morgan fingerprint density at radius 1 is 1.21 bits per heavy atom. The SMILES string of the molecule is O=S1(=O)CC[C@@H](N(Cc2cccnc2)S(=O)(=O)c2ccc(F)c(C(F)(F)F)c2)C1. The van der Waals surface area contributed by atoms with E-state index in [9.17, 15) is 34.4 Å². The van der Waals surface area contributed by atoms with Gasteiger partial charge >= 0.3 is 6.18 Å². The Kier molecular flexibility index (Phi) is 5.71. The number of aromatic nitrogens is 1. The van der Waals surface area contributed by atoms with Crippen LogP contribution in [0.1, 0.15) is 17.5 Å². The van der Waals surface area contributed by atoms with Gasteiger partial charge in [-0.25, -0.2) is 21.2 Å². The van der Waals surface area contributed by atoms with Gasteiger partial charge in [0.05, 0.1) is 22.0 Å². The van der Waals surface area contributed by atoms with E-state index in [0.717, 1.165) is 10.4 Å². The van der Waals surface area contributed by atoms with E-state index in [-0.39, 0.29) is 24.8 Å². The molecule has 1 atom stereocenters. The van der Waals surface area contributed by atoms with E-state index in [1.165, 1.54) is 12.4 Å². The molecule has 29 heavy (non-hydrogen) atoms. The minimum Gasteiger partial charge on any atom is -0.264 e. The third-order valence-corrected chi connectivity index (χ3v) is 8.17. The first kappa shape index (κ1) is 21.7. The largest absolute Gasteiger partial charge is 0.419 e. The van der Waals surface area contributed by atoms with Crippen molar-refractivity contribution in [3.8, 4) is 0 Å². The zero-order valence-corrected chi connectivity index (χ0v) is 16.4. The van der Waals surface area contributed by atoms with Crippen LogP contribution in [0.15, 0.2) is 47.6 Å². The molecule has 1 aliphatic heterocycles. The van der Waals surface area contributed by atoms with Crippen molar-refractivity contribution in [3.63, 3.8) is 0 Å². The first-order valence-corrected chi connectivity index (χ1v) is 11.6. The molecule has 1 aromatic heterocycles. The number of benzene rings is 1. The summed E-state index contributed by atoms with van der Waals surface area (Å²) in [4.78, 5) is 3.10. The normalized spacial score (nSPS) is 19.6. The molecule has 12 heteroatoms. The highest BCUT2D eigenvalue weighted by atomic mass is 32.2. The standard InChI is InChI=1S/C17H16F4N2O4S2/c18-16-4-3-14(8-15(16)17(19,20)21)29(26,27)23(10-12-2-1-6-22-9-12)13-5-7-28(24,25)11-13/h1-4,6,8-9,13H,5,7,10-11H2/t13-/m1/s1. The van der Waals surface area contributed by atoms with E-state index in [4.69, 9.17) is 0 Å². The van der Waals surface area contributed by atoms with Gasteiger partial charge in [0.2, 0.25) is 10.0 Å². The summed E-state index contributed by atoms with van der Waals surface area (Å²) in [6, 6.07) is 3.55. The summed E-state index contributed by atoms with van der Waals surface area (Å²) in [5, 5.41) is 0. The number of rotatable bonds is 5. The van der Waals surface area contributed by atoms with Crippen LogP contribution in [0.3, 0.4) is 0 Å². The second-order valence-electron chi connectivity index (χ2n) is 6.61. The fourth-order valence-electron chi connectivity index (χ4n) is 3.10. The maximum Gasteiger partial charge on any atom is 0.419 e. The van der Waals surface area contributed by atoms with Crippen molar-refractivity contribution < 1.29 is 34.4 Å². The third kappa shape index (κ3) is 4.75. The highest BCUT2D eigenvalue weighted by molar-refractivity contribution is 7.92.